The van der Waals surface area contributed by atoms with Gasteiger partial charge >= 0.3 is 0 Å². The number of halogens is 2. The van der Waals surface area contributed by atoms with Crippen LogP contribution in [0.1, 0.15) is 5.56 Å². The monoisotopic (exact) mass is 186 g/mol. The summed E-state index contributed by atoms with van der Waals surface area (Å²) in [4.78, 5) is 0. The summed E-state index contributed by atoms with van der Waals surface area (Å²) in [6.07, 6.45) is 1.39. The molecule has 0 radical (unpaired) electrons. The first-order valence-electron chi connectivity index (χ1n) is 3.39. The molecule has 0 aromatic heterocycles. The molecular weight excluding hydrogens is 179 g/mol. The predicted octanol–water partition coefficient (Wildman–Crippen LogP) is 2.03. The fraction of sp³-hybridized carbons (Fsp3) is 0.125. The molecular formula is C8H8ClFN2. The molecule has 1 rings (SSSR count). The average molecular weight is 187 g/mol. The highest BCUT2D eigenvalue weighted by atomic mass is 35.5. The van der Waals surface area contributed by atoms with Crippen molar-refractivity contribution >= 4 is 17.8 Å². The molecule has 0 bridgehead atoms. The van der Waals surface area contributed by atoms with Crippen LogP contribution in [-0.4, -0.2) is 13.3 Å². The number of benzene rings is 1. The van der Waals surface area contributed by atoms with Crippen molar-refractivity contribution < 1.29 is 4.39 Å². The Morgan fingerprint density at radius 2 is 2.33 bits per heavy atom. The fourth-order valence-electron chi connectivity index (χ4n) is 0.740. The minimum Gasteiger partial charge on any atom is -0.313 e. The summed E-state index contributed by atoms with van der Waals surface area (Å²) in [5.41, 5.74) is 2.94. The van der Waals surface area contributed by atoms with Crippen LogP contribution in [0.15, 0.2) is 23.3 Å². The molecule has 64 valence electrons. The zero-order valence-electron chi connectivity index (χ0n) is 6.51. The van der Waals surface area contributed by atoms with Gasteiger partial charge in [0.25, 0.3) is 0 Å². The lowest BCUT2D eigenvalue weighted by atomic mass is 10.2. The van der Waals surface area contributed by atoms with Crippen LogP contribution in [0, 0.1) is 5.82 Å². The third kappa shape index (κ3) is 2.20. The summed E-state index contributed by atoms with van der Waals surface area (Å²) < 4.78 is 13.0. The van der Waals surface area contributed by atoms with Crippen molar-refractivity contribution in [2.24, 2.45) is 5.10 Å². The van der Waals surface area contributed by atoms with Gasteiger partial charge < -0.3 is 5.43 Å². The molecule has 2 nitrogen and oxygen atoms in total. The molecule has 0 spiro atoms. The van der Waals surface area contributed by atoms with E-state index < -0.39 is 0 Å². The molecule has 0 unspecified atom stereocenters. The molecule has 1 aromatic rings. The van der Waals surface area contributed by atoms with Crippen molar-refractivity contribution in [2.75, 3.05) is 7.05 Å². The molecule has 0 aliphatic rings. The van der Waals surface area contributed by atoms with Gasteiger partial charge in [-0.2, -0.15) is 5.10 Å². The number of hydrogen-bond acceptors (Lipinski definition) is 2. The maximum absolute atomic E-state index is 13.0. The number of nitrogens with one attached hydrogen (secondary N) is 1. The Morgan fingerprint density at radius 1 is 1.58 bits per heavy atom. The van der Waals surface area contributed by atoms with Crippen molar-refractivity contribution in [3.63, 3.8) is 0 Å². The third-order valence-electron chi connectivity index (χ3n) is 1.30. The number of hydrogen-bond donors (Lipinski definition) is 1. The maximum Gasteiger partial charge on any atom is 0.133 e. The molecule has 4 heteroatoms. The van der Waals surface area contributed by atoms with Gasteiger partial charge in [0.15, 0.2) is 0 Å². The second-order valence-corrected chi connectivity index (χ2v) is 2.58. The van der Waals surface area contributed by atoms with Gasteiger partial charge in [0.05, 0.1) is 6.21 Å². The van der Waals surface area contributed by atoms with Crippen LogP contribution in [0.4, 0.5) is 4.39 Å². The summed E-state index contributed by atoms with van der Waals surface area (Å²) >= 11 is 5.55. The second-order valence-electron chi connectivity index (χ2n) is 2.15. The van der Waals surface area contributed by atoms with E-state index in [-0.39, 0.29) is 5.82 Å². The summed E-state index contributed by atoms with van der Waals surface area (Å²) in [5.74, 6) is -0.374. The summed E-state index contributed by atoms with van der Waals surface area (Å²) in [5, 5.41) is 4.06. The number of rotatable bonds is 2. The molecule has 0 saturated heterocycles. The highest BCUT2D eigenvalue weighted by Crippen LogP contribution is 2.12. The maximum atomic E-state index is 13.0. The van der Waals surface area contributed by atoms with Crippen molar-refractivity contribution in [2.45, 2.75) is 0 Å². The van der Waals surface area contributed by atoms with E-state index >= 15 is 0 Å². The van der Waals surface area contributed by atoms with Crippen LogP contribution in [-0.2, 0) is 0 Å². The van der Waals surface area contributed by atoms with Gasteiger partial charge in [0.2, 0.25) is 0 Å². The lowest BCUT2D eigenvalue weighted by Gasteiger charge is -1.95. The number of nitrogens with zero attached hydrogens (tertiary/aromatic N) is 1. The summed E-state index contributed by atoms with van der Waals surface area (Å²) in [6, 6.07) is 4.43. The van der Waals surface area contributed by atoms with Crippen molar-refractivity contribution in [1.29, 1.82) is 0 Å². The zero-order valence-corrected chi connectivity index (χ0v) is 7.27. The van der Waals surface area contributed by atoms with Gasteiger partial charge in [-0.05, 0) is 18.2 Å². The zero-order chi connectivity index (χ0) is 8.97. The van der Waals surface area contributed by atoms with Gasteiger partial charge in [-0.25, -0.2) is 4.39 Å². The number of hydrazone groups is 1. The molecule has 1 aromatic carbocycles. The summed E-state index contributed by atoms with van der Waals surface area (Å²) in [6.45, 7) is 0. The normalized spacial score (nSPS) is 10.6. The van der Waals surface area contributed by atoms with Crippen molar-refractivity contribution in [3.05, 3.63) is 34.6 Å². The largest absolute Gasteiger partial charge is 0.313 e. The van der Waals surface area contributed by atoms with Crippen LogP contribution in [0.2, 0.25) is 5.02 Å². The molecule has 0 saturated carbocycles. The van der Waals surface area contributed by atoms with Crippen LogP contribution in [0.5, 0.6) is 0 Å². The Labute approximate surface area is 75.0 Å². The minimum absolute atomic E-state index is 0.374. The Hall–Kier alpha value is -1.09. The first kappa shape index (κ1) is 9.00. The van der Waals surface area contributed by atoms with Gasteiger partial charge in [-0.3, -0.25) is 0 Å². The molecule has 0 heterocycles. The fourth-order valence-corrected chi connectivity index (χ4v) is 0.899. The second kappa shape index (κ2) is 4.07. The average Bonchev–Trinajstić information content (AvgIpc) is 2.03. The van der Waals surface area contributed by atoms with Crippen LogP contribution in [0.3, 0.4) is 0 Å². The van der Waals surface area contributed by atoms with Crippen LogP contribution < -0.4 is 5.43 Å². The Kier molecular flexibility index (Phi) is 3.05. The van der Waals surface area contributed by atoms with E-state index in [1.165, 1.54) is 12.3 Å². The Bertz CT molecular complexity index is 299. The van der Waals surface area contributed by atoms with Gasteiger partial charge in [0.1, 0.15) is 5.82 Å². The van der Waals surface area contributed by atoms with E-state index in [1.54, 1.807) is 19.2 Å². The van der Waals surface area contributed by atoms with Crippen LogP contribution in [0.25, 0.3) is 0 Å². The van der Waals surface area contributed by atoms with Gasteiger partial charge in [-0.1, -0.05) is 11.6 Å². The van der Waals surface area contributed by atoms with E-state index in [0.29, 0.717) is 10.6 Å². The highest BCUT2D eigenvalue weighted by Gasteiger charge is 1.98. The van der Waals surface area contributed by atoms with Gasteiger partial charge in [-0.15, -0.1) is 0 Å². The quantitative estimate of drug-likeness (QED) is 0.555. The van der Waals surface area contributed by atoms with E-state index in [2.05, 4.69) is 10.5 Å². The minimum atomic E-state index is -0.374. The van der Waals surface area contributed by atoms with E-state index in [0.717, 1.165) is 0 Å². The van der Waals surface area contributed by atoms with Gasteiger partial charge in [0, 0.05) is 17.6 Å². The first-order chi connectivity index (χ1) is 5.74. The standard InChI is InChI=1S/C8H8ClFN2/c1-11-12-5-6-2-3-7(9)4-8(6)10/h2-5,11H,1H3/b12-5+. The first-order valence-corrected chi connectivity index (χ1v) is 3.76. The van der Waals surface area contributed by atoms with Crippen molar-refractivity contribution in [3.8, 4) is 0 Å². The molecule has 0 aliphatic carbocycles. The highest BCUT2D eigenvalue weighted by molar-refractivity contribution is 6.30. The van der Waals surface area contributed by atoms with Crippen LogP contribution >= 0.6 is 11.6 Å². The molecule has 0 atom stereocenters. The smallest absolute Gasteiger partial charge is 0.133 e. The van der Waals surface area contributed by atoms with E-state index in [9.17, 15) is 4.39 Å². The Balaban J connectivity index is 2.94. The van der Waals surface area contributed by atoms with Crippen molar-refractivity contribution in [1.82, 2.24) is 5.43 Å². The third-order valence-corrected chi connectivity index (χ3v) is 1.53. The molecule has 0 amide bonds. The lowest BCUT2D eigenvalue weighted by Crippen LogP contribution is -1.96. The predicted molar refractivity (Wildman–Crippen MR) is 48.1 cm³/mol. The molecule has 0 fully saturated rings. The topological polar surface area (TPSA) is 24.4 Å². The van der Waals surface area contributed by atoms with E-state index in [4.69, 9.17) is 11.6 Å². The molecule has 12 heavy (non-hydrogen) atoms. The lowest BCUT2D eigenvalue weighted by molar-refractivity contribution is 0.626. The van der Waals surface area contributed by atoms with E-state index in [1.807, 2.05) is 0 Å². The molecule has 1 N–H and O–H groups in total. The summed E-state index contributed by atoms with van der Waals surface area (Å²) in [7, 11) is 1.64. The molecule has 0 aliphatic heterocycles. The SMILES string of the molecule is CN/N=C/c1ccc(Cl)cc1F. The Morgan fingerprint density at radius 3 is 2.92 bits per heavy atom.